The molecule has 2 fully saturated rings. The van der Waals surface area contributed by atoms with Crippen LogP contribution in [0.25, 0.3) is 0 Å². The summed E-state index contributed by atoms with van der Waals surface area (Å²) in [5.74, 6) is -0.000353. The average Bonchev–Trinajstić information content (AvgIpc) is 2.86. The third kappa shape index (κ3) is 6.45. The van der Waals surface area contributed by atoms with E-state index in [4.69, 9.17) is 11.6 Å². The Morgan fingerprint density at radius 3 is 2.18 bits per heavy atom. The van der Waals surface area contributed by atoms with Crippen molar-refractivity contribution >= 4 is 39.0 Å². The fraction of sp³-hybridized carbons (Fsp3) is 0.536. The number of carbonyl (C=O) groups is 1. The van der Waals surface area contributed by atoms with Gasteiger partial charge in [0.1, 0.15) is 0 Å². The maximum Gasteiger partial charge on any atom is 0.321 e. The molecular formula is C28H39ClN4O4S. The van der Waals surface area contributed by atoms with Crippen LogP contribution >= 0.6 is 11.6 Å². The molecule has 0 aromatic heterocycles. The number of benzene rings is 2. The Morgan fingerprint density at radius 2 is 1.63 bits per heavy atom. The zero-order valence-corrected chi connectivity index (χ0v) is 24.1. The summed E-state index contributed by atoms with van der Waals surface area (Å²) >= 11 is 5.99. The first-order chi connectivity index (χ1) is 17.8. The predicted molar refractivity (Wildman–Crippen MR) is 153 cm³/mol. The highest BCUT2D eigenvalue weighted by Gasteiger charge is 2.36. The van der Waals surface area contributed by atoms with E-state index in [1.165, 1.54) is 0 Å². The lowest BCUT2D eigenvalue weighted by molar-refractivity contribution is 0.0118. The second-order valence-corrected chi connectivity index (χ2v) is 14.5. The second-order valence-electron chi connectivity index (χ2n) is 11.6. The van der Waals surface area contributed by atoms with Crippen LogP contribution in [-0.2, 0) is 15.6 Å². The number of hydrogen-bond donors (Lipinski definition) is 3. The van der Waals surface area contributed by atoms with E-state index in [0.717, 1.165) is 24.3 Å². The molecule has 3 N–H and O–H groups in total. The fourth-order valence-electron chi connectivity index (χ4n) is 5.02. The molecule has 2 saturated heterocycles. The molecule has 10 heteroatoms. The lowest BCUT2D eigenvalue weighted by Crippen LogP contribution is -2.54. The van der Waals surface area contributed by atoms with Gasteiger partial charge in [-0.15, -0.1) is 0 Å². The number of amides is 2. The third-order valence-corrected chi connectivity index (χ3v) is 10.2. The quantitative estimate of drug-likeness (QED) is 0.486. The molecule has 38 heavy (non-hydrogen) atoms. The molecule has 0 spiro atoms. The van der Waals surface area contributed by atoms with Crippen molar-refractivity contribution in [3.8, 4) is 0 Å². The zero-order chi connectivity index (χ0) is 27.7. The van der Waals surface area contributed by atoms with Crippen molar-refractivity contribution in [1.82, 2.24) is 9.62 Å². The first kappa shape index (κ1) is 28.7. The first-order valence-corrected chi connectivity index (χ1v) is 15.0. The Hall–Kier alpha value is -2.33. The van der Waals surface area contributed by atoms with Gasteiger partial charge in [0.25, 0.3) is 0 Å². The average molecular weight is 563 g/mol. The summed E-state index contributed by atoms with van der Waals surface area (Å²) < 4.78 is 27.1. The van der Waals surface area contributed by atoms with Gasteiger partial charge in [0, 0.05) is 48.6 Å². The van der Waals surface area contributed by atoms with Crippen molar-refractivity contribution in [3.05, 3.63) is 59.1 Å². The van der Waals surface area contributed by atoms with E-state index in [1.807, 2.05) is 55.5 Å². The third-order valence-electron chi connectivity index (χ3n) is 7.76. The molecule has 0 saturated carbocycles. The predicted octanol–water partition coefficient (Wildman–Crippen LogP) is 4.79. The Balaban J connectivity index is 1.29. The summed E-state index contributed by atoms with van der Waals surface area (Å²) in [5.41, 5.74) is 1.79. The molecule has 0 aliphatic carbocycles. The number of aliphatic hydroxyl groups is 1. The second kappa shape index (κ2) is 11.0. The van der Waals surface area contributed by atoms with E-state index in [0.29, 0.717) is 43.1 Å². The van der Waals surface area contributed by atoms with Gasteiger partial charge in [-0.3, -0.25) is 0 Å². The first-order valence-electron chi connectivity index (χ1n) is 13.2. The smallest absolute Gasteiger partial charge is 0.321 e. The van der Waals surface area contributed by atoms with Crippen LogP contribution in [0.1, 0.15) is 52.5 Å². The van der Waals surface area contributed by atoms with Gasteiger partial charge in [-0.2, -0.15) is 0 Å². The van der Waals surface area contributed by atoms with Crippen molar-refractivity contribution in [2.45, 2.75) is 63.3 Å². The molecule has 2 aliphatic heterocycles. The lowest BCUT2D eigenvalue weighted by Gasteiger charge is -2.39. The van der Waals surface area contributed by atoms with Crippen LogP contribution in [0.15, 0.2) is 48.5 Å². The largest absolute Gasteiger partial charge is 0.385 e. The number of rotatable bonds is 5. The van der Waals surface area contributed by atoms with Crippen LogP contribution in [0.5, 0.6) is 0 Å². The number of likely N-dealkylation sites (tertiary alicyclic amines) is 1. The van der Waals surface area contributed by atoms with E-state index in [-0.39, 0.29) is 18.0 Å². The number of hydrogen-bond acceptors (Lipinski definition) is 5. The number of nitrogens with zero attached hydrogens (tertiary/aromatic N) is 2. The van der Waals surface area contributed by atoms with Gasteiger partial charge < -0.3 is 20.2 Å². The van der Waals surface area contributed by atoms with Gasteiger partial charge in [-0.1, -0.05) is 30.7 Å². The number of halogens is 1. The number of anilines is 2. The molecule has 0 bridgehead atoms. The van der Waals surface area contributed by atoms with Crippen molar-refractivity contribution in [3.63, 3.8) is 0 Å². The van der Waals surface area contributed by atoms with Gasteiger partial charge >= 0.3 is 6.03 Å². The number of urea groups is 1. The molecule has 2 aromatic rings. The van der Waals surface area contributed by atoms with Crippen molar-refractivity contribution < 1.29 is 18.3 Å². The van der Waals surface area contributed by atoms with Crippen LogP contribution in [0.2, 0.25) is 5.02 Å². The number of sulfonamides is 1. The number of nitrogens with one attached hydrogen (secondary N) is 2. The molecular weight excluding hydrogens is 524 g/mol. The van der Waals surface area contributed by atoms with E-state index >= 15 is 0 Å². The SMILES string of the molecule is CC1CN(C(=O)Nc2ccc(N3CCC(O)(c4ccc(Cl)cc4)CC3)cc2)CCC1NS(=O)(=O)C(C)(C)C. The van der Waals surface area contributed by atoms with Crippen molar-refractivity contribution in [2.75, 3.05) is 36.4 Å². The highest BCUT2D eigenvalue weighted by molar-refractivity contribution is 7.90. The zero-order valence-electron chi connectivity index (χ0n) is 22.6. The Morgan fingerprint density at radius 1 is 1.03 bits per heavy atom. The van der Waals surface area contributed by atoms with Gasteiger partial charge in [-0.25, -0.2) is 17.9 Å². The van der Waals surface area contributed by atoms with Gasteiger partial charge in [0.2, 0.25) is 10.0 Å². The molecule has 0 radical (unpaired) electrons. The standard InChI is InChI=1S/C28H39ClN4O4S/c1-20-19-33(16-13-25(20)31-38(36,37)27(2,3)4)26(34)30-23-9-11-24(12-10-23)32-17-14-28(35,15-18-32)21-5-7-22(29)8-6-21/h5-12,20,25,31,35H,13-19H2,1-4H3,(H,30,34). The molecule has 2 aliphatic rings. The summed E-state index contributed by atoms with van der Waals surface area (Å²) in [6.45, 7) is 9.41. The van der Waals surface area contributed by atoms with Gasteiger partial charge in [0.05, 0.1) is 10.3 Å². The molecule has 2 unspecified atom stereocenters. The fourth-order valence-corrected chi connectivity index (χ4v) is 6.25. The van der Waals surface area contributed by atoms with Crippen LogP contribution in [0.4, 0.5) is 16.2 Å². The lowest BCUT2D eigenvalue weighted by atomic mass is 9.84. The highest BCUT2D eigenvalue weighted by Crippen LogP contribution is 2.35. The Bertz CT molecular complexity index is 1220. The number of piperidine rings is 2. The summed E-state index contributed by atoms with van der Waals surface area (Å²) in [5, 5.41) is 14.8. The molecule has 2 amide bonds. The molecule has 2 heterocycles. The van der Waals surface area contributed by atoms with Crippen LogP contribution in [-0.4, -0.2) is 61.4 Å². The maximum atomic E-state index is 12.9. The number of carbonyl (C=O) groups excluding carboxylic acids is 1. The molecule has 208 valence electrons. The normalized spacial score (nSPS) is 22.3. The summed E-state index contributed by atoms with van der Waals surface area (Å²) in [4.78, 5) is 16.9. The topological polar surface area (TPSA) is 102 Å². The van der Waals surface area contributed by atoms with Crippen LogP contribution < -0.4 is 14.9 Å². The van der Waals surface area contributed by atoms with E-state index in [1.54, 1.807) is 25.7 Å². The summed E-state index contributed by atoms with van der Waals surface area (Å²) in [7, 11) is -3.44. The monoisotopic (exact) mass is 562 g/mol. The van der Waals surface area contributed by atoms with Gasteiger partial charge in [0.15, 0.2) is 0 Å². The van der Waals surface area contributed by atoms with Crippen molar-refractivity contribution in [2.24, 2.45) is 5.92 Å². The van der Waals surface area contributed by atoms with Crippen molar-refractivity contribution in [1.29, 1.82) is 0 Å². The molecule has 2 aromatic carbocycles. The molecule has 8 nitrogen and oxygen atoms in total. The van der Waals surface area contributed by atoms with Crippen LogP contribution in [0.3, 0.4) is 0 Å². The summed E-state index contributed by atoms with van der Waals surface area (Å²) in [6.07, 6.45) is 1.81. The minimum Gasteiger partial charge on any atom is -0.385 e. The minimum absolute atomic E-state index is 0.000353. The van der Waals surface area contributed by atoms with Crippen LogP contribution in [0, 0.1) is 5.92 Å². The van der Waals surface area contributed by atoms with E-state index in [2.05, 4.69) is 14.9 Å². The Labute approximate surface area is 231 Å². The summed E-state index contributed by atoms with van der Waals surface area (Å²) in [6, 6.07) is 14.8. The molecule has 2 atom stereocenters. The molecule has 4 rings (SSSR count). The van der Waals surface area contributed by atoms with Gasteiger partial charge in [-0.05, 0) is 87.9 Å². The minimum atomic E-state index is -3.44. The van der Waals surface area contributed by atoms with E-state index < -0.39 is 20.4 Å². The van der Waals surface area contributed by atoms with E-state index in [9.17, 15) is 18.3 Å². The maximum absolute atomic E-state index is 12.9. The Kier molecular flexibility index (Phi) is 8.33. The highest BCUT2D eigenvalue weighted by atomic mass is 35.5.